The van der Waals surface area contributed by atoms with Crippen molar-refractivity contribution in [1.29, 1.82) is 0 Å². The number of carbonyl (C=O) groups is 1. The molecule has 1 aromatic carbocycles. The van der Waals surface area contributed by atoms with E-state index in [2.05, 4.69) is 20.3 Å². The molecule has 4 N–H and O–H groups in total. The summed E-state index contributed by atoms with van der Waals surface area (Å²) in [5, 5.41) is 8.39. The van der Waals surface area contributed by atoms with Gasteiger partial charge in [0.1, 0.15) is 17.3 Å². The summed E-state index contributed by atoms with van der Waals surface area (Å²) in [6.07, 6.45) is -4.46. The van der Waals surface area contributed by atoms with Crippen LogP contribution < -0.4 is 15.8 Å². The molecule has 0 spiro atoms. The Bertz CT molecular complexity index is 639. The number of aromatic amines is 1. The minimum absolute atomic E-state index is 0.0816. The molecule has 0 unspecified atom stereocenters. The van der Waals surface area contributed by atoms with Crippen LogP contribution in [0.25, 0.3) is 0 Å². The van der Waals surface area contributed by atoms with Crippen LogP contribution >= 0.6 is 0 Å². The molecule has 1 heterocycles. The number of rotatable bonds is 4. The maximum Gasteiger partial charge on any atom is 0.422 e. The molecule has 0 fully saturated rings. The van der Waals surface area contributed by atoms with Crippen LogP contribution in [-0.2, 0) is 0 Å². The van der Waals surface area contributed by atoms with E-state index in [0.29, 0.717) is 0 Å². The summed E-state index contributed by atoms with van der Waals surface area (Å²) in [6, 6.07) is 7.09. The molecular weight excluding hydrogens is 289 g/mol. The first-order valence-corrected chi connectivity index (χ1v) is 5.76. The lowest BCUT2D eigenvalue weighted by molar-refractivity contribution is -0.153. The van der Waals surface area contributed by atoms with E-state index in [1.54, 1.807) is 6.07 Å². The Kier molecular flexibility index (Phi) is 4.01. The largest absolute Gasteiger partial charge is 0.482 e. The quantitative estimate of drug-likeness (QED) is 0.807. The highest BCUT2D eigenvalue weighted by Gasteiger charge is 2.28. The van der Waals surface area contributed by atoms with Crippen molar-refractivity contribution in [3.8, 4) is 5.75 Å². The number of alkyl halides is 3. The third-order valence-electron chi connectivity index (χ3n) is 2.37. The number of hydrogen-bond donors (Lipinski definition) is 3. The lowest BCUT2D eigenvalue weighted by Crippen LogP contribution is -2.20. The second-order valence-corrected chi connectivity index (χ2v) is 4.06. The fraction of sp³-hybridized carbons (Fsp3) is 0.167. The van der Waals surface area contributed by atoms with Gasteiger partial charge in [-0.15, -0.1) is 0 Å². The zero-order valence-corrected chi connectivity index (χ0v) is 10.6. The molecule has 21 heavy (non-hydrogen) atoms. The van der Waals surface area contributed by atoms with Gasteiger partial charge >= 0.3 is 6.18 Å². The number of nitrogens with two attached hydrogens (primary N) is 1. The van der Waals surface area contributed by atoms with Crippen LogP contribution in [-0.4, -0.2) is 28.9 Å². The van der Waals surface area contributed by atoms with Gasteiger partial charge in [0.15, 0.2) is 6.61 Å². The number of nitrogen functional groups attached to an aromatic ring is 1. The van der Waals surface area contributed by atoms with Crippen LogP contribution in [0.4, 0.5) is 24.7 Å². The molecule has 112 valence electrons. The van der Waals surface area contributed by atoms with Gasteiger partial charge in [0.2, 0.25) is 0 Å². The summed E-state index contributed by atoms with van der Waals surface area (Å²) >= 11 is 0. The molecule has 0 aliphatic heterocycles. The van der Waals surface area contributed by atoms with E-state index in [9.17, 15) is 18.0 Å². The monoisotopic (exact) mass is 300 g/mol. The van der Waals surface area contributed by atoms with Crippen molar-refractivity contribution in [3.63, 3.8) is 0 Å². The molecule has 2 aromatic rings. The number of anilines is 2. The van der Waals surface area contributed by atoms with Gasteiger partial charge in [-0.1, -0.05) is 12.1 Å². The Morgan fingerprint density at radius 1 is 1.38 bits per heavy atom. The van der Waals surface area contributed by atoms with Crippen molar-refractivity contribution < 1.29 is 22.7 Å². The maximum absolute atomic E-state index is 12.2. The molecule has 0 saturated carbocycles. The molecule has 0 radical (unpaired) electrons. The molecule has 0 saturated heterocycles. The Labute approximate surface area is 117 Å². The van der Waals surface area contributed by atoms with Crippen LogP contribution in [0.3, 0.4) is 0 Å². The third kappa shape index (κ3) is 4.13. The zero-order valence-electron chi connectivity index (χ0n) is 10.6. The van der Waals surface area contributed by atoms with Crippen LogP contribution in [0.2, 0.25) is 0 Å². The number of ether oxygens (including phenoxy) is 1. The molecule has 2 rings (SSSR count). The highest BCUT2D eigenvalue weighted by molar-refractivity contribution is 6.04. The van der Waals surface area contributed by atoms with Gasteiger partial charge in [-0.2, -0.15) is 18.3 Å². The molecular formula is C12H11F3N4O2. The molecule has 0 aliphatic carbocycles. The normalized spacial score (nSPS) is 11.2. The van der Waals surface area contributed by atoms with Gasteiger partial charge in [-0.05, 0) is 12.1 Å². The van der Waals surface area contributed by atoms with Crippen molar-refractivity contribution in [2.75, 3.05) is 17.7 Å². The Morgan fingerprint density at radius 2 is 2.10 bits per heavy atom. The predicted octanol–water partition coefficient (Wildman–Crippen LogP) is 2.19. The summed E-state index contributed by atoms with van der Waals surface area (Å²) < 4.78 is 41.1. The number of nitrogens with zero attached hydrogens (tertiary/aromatic N) is 1. The van der Waals surface area contributed by atoms with E-state index in [-0.39, 0.29) is 22.9 Å². The van der Waals surface area contributed by atoms with Crippen molar-refractivity contribution in [2.45, 2.75) is 6.18 Å². The SMILES string of the molecule is Nc1cc(C(=O)Nc2ccccc2OCC(F)(F)F)[nH]n1. The maximum atomic E-state index is 12.2. The van der Waals surface area contributed by atoms with Crippen molar-refractivity contribution in [3.05, 3.63) is 36.0 Å². The second kappa shape index (κ2) is 5.73. The topological polar surface area (TPSA) is 93.0 Å². The smallest absolute Gasteiger partial charge is 0.422 e. The van der Waals surface area contributed by atoms with E-state index in [1.165, 1.54) is 24.3 Å². The summed E-state index contributed by atoms with van der Waals surface area (Å²) in [5.41, 5.74) is 5.56. The number of amides is 1. The van der Waals surface area contributed by atoms with Crippen LogP contribution in [0.5, 0.6) is 5.75 Å². The molecule has 0 bridgehead atoms. The predicted molar refractivity (Wildman–Crippen MR) is 68.9 cm³/mol. The molecule has 0 atom stereocenters. The first kappa shape index (κ1) is 14.7. The van der Waals surface area contributed by atoms with Crippen LogP contribution in [0, 0.1) is 0 Å². The van der Waals surface area contributed by atoms with Gasteiger partial charge in [0.05, 0.1) is 5.69 Å². The van der Waals surface area contributed by atoms with Crippen LogP contribution in [0.15, 0.2) is 30.3 Å². The van der Waals surface area contributed by atoms with Crippen LogP contribution in [0.1, 0.15) is 10.5 Å². The highest BCUT2D eigenvalue weighted by Crippen LogP contribution is 2.26. The molecule has 1 amide bonds. The molecule has 9 heteroatoms. The number of nitrogens with one attached hydrogen (secondary N) is 2. The van der Waals surface area contributed by atoms with E-state index < -0.39 is 18.7 Å². The average molecular weight is 300 g/mol. The van der Waals surface area contributed by atoms with Gasteiger partial charge in [-0.3, -0.25) is 9.89 Å². The van der Waals surface area contributed by atoms with Gasteiger partial charge < -0.3 is 15.8 Å². The van der Waals surface area contributed by atoms with E-state index in [1.807, 2.05) is 0 Å². The lowest BCUT2D eigenvalue weighted by Gasteiger charge is -2.13. The fourth-order valence-corrected chi connectivity index (χ4v) is 1.50. The van der Waals surface area contributed by atoms with Crippen molar-refractivity contribution in [2.24, 2.45) is 0 Å². The van der Waals surface area contributed by atoms with E-state index in [4.69, 9.17) is 5.73 Å². The van der Waals surface area contributed by atoms with Gasteiger partial charge in [0.25, 0.3) is 5.91 Å². The summed E-state index contributed by atoms with van der Waals surface area (Å²) in [4.78, 5) is 11.9. The molecule has 0 aliphatic rings. The van der Waals surface area contributed by atoms with Gasteiger partial charge in [0, 0.05) is 6.07 Å². The second-order valence-electron chi connectivity index (χ2n) is 4.06. The highest BCUT2D eigenvalue weighted by atomic mass is 19.4. The zero-order chi connectivity index (χ0) is 15.5. The Hall–Kier alpha value is -2.71. The average Bonchev–Trinajstić information content (AvgIpc) is 2.83. The standard InChI is InChI=1S/C12H11F3N4O2/c13-12(14,15)6-21-9-4-2-1-3-7(9)17-11(20)8-5-10(16)19-18-8/h1-5H,6H2,(H,17,20)(H3,16,18,19). The molecule has 6 nitrogen and oxygen atoms in total. The number of H-pyrrole nitrogens is 1. The Morgan fingerprint density at radius 3 is 2.71 bits per heavy atom. The number of hydrogen-bond acceptors (Lipinski definition) is 4. The first-order chi connectivity index (χ1) is 9.85. The minimum atomic E-state index is -4.46. The minimum Gasteiger partial charge on any atom is -0.482 e. The molecule has 1 aromatic heterocycles. The van der Waals surface area contributed by atoms with E-state index in [0.717, 1.165) is 0 Å². The Balaban J connectivity index is 2.11. The van der Waals surface area contributed by atoms with Crippen molar-refractivity contribution >= 4 is 17.4 Å². The van der Waals surface area contributed by atoms with Gasteiger partial charge in [-0.25, -0.2) is 0 Å². The van der Waals surface area contributed by atoms with Crippen molar-refractivity contribution in [1.82, 2.24) is 10.2 Å². The number of carbonyl (C=O) groups excluding carboxylic acids is 1. The number of halogens is 3. The third-order valence-corrected chi connectivity index (χ3v) is 2.37. The summed E-state index contributed by atoms with van der Waals surface area (Å²) in [5.74, 6) is -0.556. The summed E-state index contributed by atoms with van der Waals surface area (Å²) in [7, 11) is 0. The lowest BCUT2D eigenvalue weighted by atomic mass is 10.2. The number of benzene rings is 1. The fourth-order valence-electron chi connectivity index (χ4n) is 1.50. The van der Waals surface area contributed by atoms with E-state index >= 15 is 0 Å². The first-order valence-electron chi connectivity index (χ1n) is 5.76. The number of para-hydroxylation sites is 2. The number of aromatic nitrogens is 2. The summed E-state index contributed by atoms with van der Waals surface area (Å²) in [6.45, 7) is -1.45.